The van der Waals surface area contributed by atoms with E-state index in [1.54, 1.807) is 24.3 Å². The molecular weight excluding hydrogens is 452 g/mol. The fourth-order valence-electron chi connectivity index (χ4n) is 3.95. The first-order valence-corrected chi connectivity index (χ1v) is 11.1. The Labute approximate surface area is 200 Å². The van der Waals surface area contributed by atoms with Crippen LogP contribution in [-0.2, 0) is 19.4 Å². The van der Waals surface area contributed by atoms with Gasteiger partial charge in [-0.2, -0.15) is 0 Å². The number of carbonyl (C=O) groups is 2. The number of rotatable bonds is 10. The van der Waals surface area contributed by atoms with Gasteiger partial charge in [-0.05, 0) is 48.2 Å². The smallest absolute Gasteiger partial charge is 0.335 e. The normalized spacial score (nSPS) is 12.8. The zero-order valence-corrected chi connectivity index (χ0v) is 19.2. The van der Waals surface area contributed by atoms with Crippen molar-refractivity contribution in [2.75, 3.05) is 0 Å². The molecule has 10 nitrogen and oxygen atoms in total. The molecule has 0 aliphatic rings. The summed E-state index contributed by atoms with van der Waals surface area (Å²) in [6.45, 7) is 2.06. The third-order valence-electron chi connectivity index (χ3n) is 5.79. The standard InChI is InChI=1S/C25H28N4O6/c1-2-9-29-22(30)18(12-19(26)14-5-3-7-16(10-14)23(31)32)21(28-25(29)35)13-20(27)15-6-4-8-17(11-15)24(33)34/h3-8,10-11,19-20H,2,9,12-13,26-27H2,1H3,(H,28,35)(H,31,32)(H,33,34). The molecule has 10 heteroatoms. The maximum atomic E-state index is 13.3. The van der Waals surface area contributed by atoms with Gasteiger partial charge in [0.05, 0.1) is 11.1 Å². The van der Waals surface area contributed by atoms with Crippen LogP contribution in [0.5, 0.6) is 0 Å². The number of hydrogen-bond donors (Lipinski definition) is 5. The molecule has 0 fully saturated rings. The summed E-state index contributed by atoms with van der Waals surface area (Å²) in [5, 5.41) is 18.5. The third-order valence-corrected chi connectivity index (χ3v) is 5.79. The Morgan fingerprint density at radius 2 is 1.43 bits per heavy atom. The Morgan fingerprint density at radius 3 is 1.91 bits per heavy atom. The second kappa shape index (κ2) is 10.9. The van der Waals surface area contributed by atoms with E-state index in [4.69, 9.17) is 11.5 Å². The molecule has 7 N–H and O–H groups in total. The number of aromatic nitrogens is 2. The van der Waals surface area contributed by atoms with Gasteiger partial charge in [-0.1, -0.05) is 31.2 Å². The lowest BCUT2D eigenvalue weighted by molar-refractivity contribution is 0.0686. The fourth-order valence-corrected chi connectivity index (χ4v) is 3.95. The largest absolute Gasteiger partial charge is 0.478 e. The van der Waals surface area contributed by atoms with Crippen molar-refractivity contribution < 1.29 is 19.8 Å². The molecule has 2 unspecified atom stereocenters. The number of nitrogens with one attached hydrogen (secondary N) is 1. The quantitative estimate of drug-likeness (QED) is 0.291. The van der Waals surface area contributed by atoms with E-state index in [2.05, 4.69) is 4.98 Å². The second-order valence-corrected chi connectivity index (χ2v) is 8.33. The summed E-state index contributed by atoms with van der Waals surface area (Å²) >= 11 is 0. The Kier molecular flexibility index (Phi) is 8.00. The molecule has 0 radical (unpaired) electrons. The topological polar surface area (TPSA) is 181 Å². The molecule has 184 valence electrons. The van der Waals surface area contributed by atoms with Crippen molar-refractivity contribution >= 4 is 11.9 Å². The van der Waals surface area contributed by atoms with Crippen LogP contribution < -0.4 is 22.7 Å². The molecule has 0 bridgehead atoms. The van der Waals surface area contributed by atoms with Gasteiger partial charge in [0.1, 0.15) is 0 Å². The van der Waals surface area contributed by atoms with Gasteiger partial charge in [-0.25, -0.2) is 14.4 Å². The first kappa shape index (κ1) is 25.6. The van der Waals surface area contributed by atoms with Crippen LogP contribution in [0.15, 0.2) is 58.1 Å². The SMILES string of the molecule is CCCn1c(=O)[nH]c(CC(N)c2cccc(C(=O)O)c2)c(CC(N)c2cccc(C(=O)O)c2)c1=O. The van der Waals surface area contributed by atoms with Crippen molar-refractivity contribution in [1.29, 1.82) is 0 Å². The highest BCUT2D eigenvalue weighted by Crippen LogP contribution is 2.21. The van der Waals surface area contributed by atoms with E-state index in [0.717, 1.165) is 4.57 Å². The van der Waals surface area contributed by atoms with Crippen LogP contribution in [0.4, 0.5) is 0 Å². The number of benzene rings is 2. The molecule has 3 aromatic rings. The van der Waals surface area contributed by atoms with E-state index in [1.807, 2.05) is 6.92 Å². The van der Waals surface area contributed by atoms with Crippen molar-refractivity contribution in [3.63, 3.8) is 0 Å². The molecule has 3 rings (SSSR count). The Morgan fingerprint density at radius 1 is 0.914 bits per heavy atom. The number of aromatic carboxylic acids is 2. The van der Waals surface area contributed by atoms with Crippen molar-refractivity contribution in [1.82, 2.24) is 9.55 Å². The number of aromatic amines is 1. The third kappa shape index (κ3) is 5.92. The highest BCUT2D eigenvalue weighted by molar-refractivity contribution is 5.88. The van der Waals surface area contributed by atoms with E-state index >= 15 is 0 Å². The summed E-state index contributed by atoms with van der Waals surface area (Å²) in [6.07, 6.45) is 0.674. The van der Waals surface area contributed by atoms with E-state index in [0.29, 0.717) is 23.2 Å². The van der Waals surface area contributed by atoms with Gasteiger partial charge in [-0.3, -0.25) is 9.36 Å². The number of carboxylic acids is 2. The molecule has 2 aromatic carbocycles. The van der Waals surface area contributed by atoms with Crippen LogP contribution in [0.25, 0.3) is 0 Å². The highest BCUT2D eigenvalue weighted by Gasteiger charge is 2.21. The van der Waals surface area contributed by atoms with E-state index in [9.17, 15) is 29.4 Å². The van der Waals surface area contributed by atoms with Gasteiger partial charge in [0.2, 0.25) is 0 Å². The summed E-state index contributed by atoms with van der Waals surface area (Å²) < 4.78 is 1.11. The molecule has 2 atom stereocenters. The number of carboxylic acid groups (broad SMARTS) is 2. The van der Waals surface area contributed by atoms with Crippen molar-refractivity contribution in [2.45, 2.75) is 44.8 Å². The highest BCUT2D eigenvalue weighted by atomic mass is 16.4. The number of H-pyrrole nitrogens is 1. The average molecular weight is 481 g/mol. The molecule has 1 heterocycles. The van der Waals surface area contributed by atoms with Crippen molar-refractivity contribution in [3.05, 3.63) is 103 Å². The summed E-state index contributed by atoms with van der Waals surface area (Å²) in [5.74, 6) is -2.19. The lowest BCUT2D eigenvalue weighted by Gasteiger charge is -2.19. The minimum atomic E-state index is -1.09. The predicted molar refractivity (Wildman–Crippen MR) is 130 cm³/mol. The van der Waals surface area contributed by atoms with Crippen LogP contribution in [0.1, 0.15) is 68.5 Å². The van der Waals surface area contributed by atoms with Gasteiger partial charge in [0.25, 0.3) is 5.56 Å². The predicted octanol–water partition coefficient (Wildman–Crippen LogP) is 1.83. The summed E-state index contributed by atoms with van der Waals surface area (Å²) in [5.41, 5.74) is 13.4. The van der Waals surface area contributed by atoms with E-state index in [1.165, 1.54) is 24.3 Å². The molecule has 0 saturated heterocycles. The van der Waals surface area contributed by atoms with Crippen molar-refractivity contribution in [3.8, 4) is 0 Å². The number of hydrogen-bond acceptors (Lipinski definition) is 6. The van der Waals surface area contributed by atoms with Crippen LogP contribution >= 0.6 is 0 Å². The average Bonchev–Trinajstić information content (AvgIpc) is 2.84. The molecule has 35 heavy (non-hydrogen) atoms. The zero-order valence-electron chi connectivity index (χ0n) is 19.2. The van der Waals surface area contributed by atoms with Crippen molar-refractivity contribution in [2.24, 2.45) is 11.5 Å². The first-order chi connectivity index (χ1) is 16.6. The molecule has 0 spiro atoms. The van der Waals surface area contributed by atoms with E-state index < -0.39 is 35.3 Å². The Balaban J connectivity index is 2.02. The molecule has 1 aromatic heterocycles. The lowest BCUT2D eigenvalue weighted by Crippen LogP contribution is -2.40. The van der Waals surface area contributed by atoms with Crippen LogP contribution in [0, 0.1) is 0 Å². The maximum absolute atomic E-state index is 13.3. The monoisotopic (exact) mass is 480 g/mol. The van der Waals surface area contributed by atoms with Gasteiger partial charge >= 0.3 is 17.6 Å². The molecule has 0 aliphatic heterocycles. The Bertz CT molecular complexity index is 1360. The van der Waals surface area contributed by atoms with Crippen LogP contribution in [-0.4, -0.2) is 31.7 Å². The summed E-state index contributed by atoms with van der Waals surface area (Å²) in [6, 6.07) is 10.9. The Hall–Kier alpha value is -4.02. The minimum absolute atomic E-state index is 0.0413. The molecule has 0 saturated carbocycles. The van der Waals surface area contributed by atoms with Gasteiger partial charge < -0.3 is 26.7 Å². The van der Waals surface area contributed by atoms with Gasteiger partial charge in [0, 0.05) is 36.3 Å². The first-order valence-electron chi connectivity index (χ1n) is 11.1. The maximum Gasteiger partial charge on any atom is 0.335 e. The molecule has 0 aliphatic carbocycles. The molecular formula is C25H28N4O6. The molecule has 0 amide bonds. The number of nitrogens with two attached hydrogens (primary N) is 2. The zero-order chi connectivity index (χ0) is 25.7. The minimum Gasteiger partial charge on any atom is -0.478 e. The van der Waals surface area contributed by atoms with Crippen LogP contribution in [0.3, 0.4) is 0 Å². The van der Waals surface area contributed by atoms with Gasteiger partial charge in [-0.15, -0.1) is 0 Å². The number of nitrogens with zero attached hydrogens (tertiary/aromatic N) is 1. The fraction of sp³-hybridized carbons (Fsp3) is 0.280. The summed E-state index contributed by atoms with van der Waals surface area (Å²) in [7, 11) is 0. The second-order valence-electron chi connectivity index (χ2n) is 8.33. The van der Waals surface area contributed by atoms with Crippen LogP contribution in [0.2, 0.25) is 0 Å². The lowest BCUT2D eigenvalue weighted by atomic mass is 9.94. The van der Waals surface area contributed by atoms with Gasteiger partial charge in [0.15, 0.2) is 0 Å². The van der Waals surface area contributed by atoms with E-state index in [-0.39, 0.29) is 36.1 Å². The summed E-state index contributed by atoms with van der Waals surface area (Å²) in [4.78, 5) is 51.3.